The van der Waals surface area contributed by atoms with E-state index in [0.717, 1.165) is 19.0 Å². The molecule has 1 saturated carbocycles. The van der Waals surface area contributed by atoms with Gasteiger partial charge in [-0.15, -0.1) is 0 Å². The van der Waals surface area contributed by atoms with Crippen molar-refractivity contribution >= 4 is 0 Å². The second-order valence-corrected chi connectivity index (χ2v) is 5.60. The van der Waals surface area contributed by atoms with Crippen molar-refractivity contribution in [2.75, 3.05) is 6.54 Å². The molecule has 0 bridgehead atoms. The molecule has 1 aliphatic rings. The second-order valence-electron chi connectivity index (χ2n) is 5.60. The van der Waals surface area contributed by atoms with Crippen LogP contribution in [-0.2, 0) is 12.7 Å². The average molecular weight is 289 g/mol. The maximum absolute atomic E-state index is 13.0. The van der Waals surface area contributed by atoms with E-state index in [9.17, 15) is 17.6 Å². The summed E-state index contributed by atoms with van der Waals surface area (Å²) < 4.78 is 51.4. The smallest absolute Gasteiger partial charge is 0.312 e. The Kier molecular flexibility index (Phi) is 4.68. The second kappa shape index (κ2) is 6.12. The van der Waals surface area contributed by atoms with Gasteiger partial charge in [0.05, 0.1) is 5.56 Å². The van der Waals surface area contributed by atoms with Gasteiger partial charge in [0.1, 0.15) is 5.82 Å². The minimum Gasteiger partial charge on any atom is -0.312 e. The summed E-state index contributed by atoms with van der Waals surface area (Å²) >= 11 is 0. The van der Waals surface area contributed by atoms with Gasteiger partial charge < -0.3 is 5.32 Å². The van der Waals surface area contributed by atoms with Crippen molar-refractivity contribution in [2.45, 2.75) is 38.9 Å². The molecule has 0 amide bonds. The fourth-order valence-electron chi connectivity index (χ4n) is 2.88. The van der Waals surface area contributed by atoms with Crippen molar-refractivity contribution in [2.24, 2.45) is 11.8 Å². The summed E-state index contributed by atoms with van der Waals surface area (Å²) in [4.78, 5) is 0. The van der Waals surface area contributed by atoms with E-state index in [1.165, 1.54) is 18.9 Å². The molecule has 112 valence electrons. The van der Waals surface area contributed by atoms with E-state index >= 15 is 0 Å². The summed E-state index contributed by atoms with van der Waals surface area (Å²) in [5, 5.41) is 3.08. The molecular weight excluding hydrogens is 270 g/mol. The van der Waals surface area contributed by atoms with Gasteiger partial charge in [0.2, 0.25) is 0 Å². The Balaban J connectivity index is 1.99. The highest BCUT2D eigenvalue weighted by atomic mass is 19.4. The molecule has 2 atom stereocenters. The predicted octanol–water partition coefficient (Wildman–Crippen LogP) is 4.37. The number of hydrogen-bond donors (Lipinski definition) is 1. The van der Waals surface area contributed by atoms with E-state index in [0.29, 0.717) is 17.9 Å². The molecule has 1 nitrogen and oxygen atoms in total. The zero-order chi connectivity index (χ0) is 14.8. The largest absolute Gasteiger partial charge is 0.416 e. The molecule has 0 saturated heterocycles. The minimum absolute atomic E-state index is 0.101. The third kappa shape index (κ3) is 3.72. The lowest BCUT2D eigenvalue weighted by Crippen LogP contribution is -2.25. The number of nitrogens with one attached hydrogen (secondary N) is 1. The van der Waals surface area contributed by atoms with Crippen LogP contribution in [0.4, 0.5) is 17.6 Å². The van der Waals surface area contributed by atoms with Gasteiger partial charge in [-0.05, 0) is 42.5 Å². The van der Waals surface area contributed by atoms with Crippen LogP contribution in [-0.4, -0.2) is 6.54 Å². The summed E-state index contributed by atoms with van der Waals surface area (Å²) in [6.45, 7) is 3.02. The van der Waals surface area contributed by atoms with Crippen LogP contribution in [0.2, 0.25) is 0 Å². The molecule has 1 aromatic rings. The van der Waals surface area contributed by atoms with Crippen LogP contribution in [0.5, 0.6) is 0 Å². The summed E-state index contributed by atoms with van der Waals surface area (Å²) in [6.07, 6.45) is -1.00. The number of rotatable bonds is 4. The fourth-order valence-corrected chi connectivity index (χ4v) is 2.88. The molecule has 0 radical (unpaired) electrons. The van der Waals surface area contributed by atoms with Crippen molar-refractivity contribution in [3.63, 3.8) is 0 Å². The van der Waals surface area contributed by atoms with Crippen molar-refractivity contribution in [1.29, 1.82) is 0 Å². The Labute approximate surface area is 116 Å². The van der Waals surface area contributed by atoms with Gasteiger partial charge in [-0.1, -0.05) is 25.8 Å². The van der Waals surface area contributed by atoms with E-state index in [-0.39, 0.29) is 12.1 Å². The molecule has 20 heavy (non-hydrogen) atoms. The van der Waals surface area contributed by atoms with Crippen LogP contribution in [0, 0.1) is 17.7 Å². The third-order valence-electron chi connectivity index (χ3n) is 4.14. The molecule has 2 unspecified atom stereocenters. The Morgan fingerprint density at radius 3 is 2.60 bits per heavy atom. The average Bonchev–Trinajstić information content (AvgIpc) is 2.76. The van der Waals surface area contributed by atoms with Gasteiger partial charge in [0.25, 0.3) is 0 Å². The minimum atomic E-state index is -4.51. The van der Waals surface area contributed by atoms with Crippen LogP contribution in [0.25, 0.3) is 0 Å². The predicted molar refractivity (Wildman–Crippen MR) is 69.6 cm³/mol. The van der Waals surface area contributed by atoms with E-state index in [1.807, 2.05) is 0 Å². The molecule has 0 aromatic heterocycles. The maximum Gasteiger partial charge on any atom is 0.416 e. The highest BCUT2D eigenvalue weighted by Gasteiger charge is 2.33. The summed E-state index contributed by atoms with van der Waals surface area (Å²) in [5.74, 6) is 0.299. The molecule has 5 heteroatoms. The molecule has 0 heterocycles. The Morgan fingerprint density at radius 1 is 1.25 bits per heavy atom. The summed E-state index contributed by atoms with van der Waals surface area (Å²) in [5.41, 5.74) is -0.783. The first-order chi connectivity index (χ1) is 9.38. The van der Waals surface area contributed by atoms with Gasteiger partial charge in [0.15, 0.2) is 0 Å². The van der Waals surface area contributed by atoms with Crippen LogP contribution in [0.15, 0.2) is 18.2 Å². The van der Waals surface area contributed by atoms with Crippen molar-refractivity contribution in [3.05, 3.63) is 35.1 Å². The maximum atomic E-state index is 13.0. The highest BCUT2D eigenvalue weighted by molar-refractivity contribution is 5.30. The normalized spacial score (nSPS) is 23.2. The number of alkyl halides is 3. The highest BCUT2D eigenvalue weighted by Crippen LogP contribution is 2.33. The monoisotopic (exact) mass is 289 g/mol. The molecule has 0 spiro atoms. The van der Waals surface area contributed by atoms with Crippen molar-refractivity contribution < 1.29 is 17.6 Å². The first kappa shape index (κ1) is 15.3. The molecule has 1 fully saturated rings. The standard InChI is InChI=1S/C15H19F4N/c1-10-3-2-4-11(10)8-20-9-12-5-6-13(16)7-14(12)15(17,18)19/h5-7,10-11,20H,2-4,8-9H2,1H3. The van der Waals surface area contributed by atoms with Crippen molar-refractivity contribution in [3.8, 4) is 0 Å². The Hall–Kier alpha value is -1.10. The van der Waals surface area contributed by atoms with Gasteiger partial charge in [0, 0.05) is 6.54 Å². The van der Waals surface area contributed by atoms with E-state index < -0.39 is 17.6 Å². The van der Waals surface area contributed by atoms with Gasteiger partial charge in [-0.25, -0.2) is 4.39 Å². The molecule has 1 aromatic carbocycles. The molecule has 2 rings (SSSR count). The zero-order valence-corrected chi connectivity index (χ0v) is 11.4. The van der Waals surface area contributed by atoms with Crippen LogP contribution < -0.4 is 5.32 Å². The quantitative estimate of drug-likeness (QED) is 0.812. The van der Waals surface area contributed by atoms with Gasteiger partial charge in [-0.2, -0.15) is 13.2 Å². The Bertz CT molecular complexity index is 456. The third-order valence-corrected chi connectivity index (χ3v) is 4.14. The molecule has 1 N–H and O–H groups in total. The molecule has 1 aliphatic carbocycles. The summed E-state index contributed by atoms with van der Waals surface area (Å²) in [6, 6.07) is 2.85. The van der Waals surface area contributed by atoms with Crippen LogP contribution in [0.3, 0.4) is 0 Å². The summed E-state index contributed by atoms with van der Waals surface area (Å²) in [7, 11) is 0. The number of hydrogen-bond acceptors (Lipinski definition) is 1. The topological polar surface area (TPSA) is 12.0 Å². The van der Waals surface area contributed by atoms with Gasteiger partial charge >= 0.3 is 6.18 Å². The van der Waals surface area contributed by atoms with E-state index in [1.54, 1.807) is 0 Å². The van der Waals surface area contributed by atoms with Crippen LogP contribution in [0.1, 0.15) is 37.3 Å². The fraction of sp³-hybridized carbons (Fsp3) is 0.600. The van der Waals surface area contributed by atoms with Gasteiger partial charge in [-0.3, -0.25) is 0 Å². The molecule has 0 aliphatic heterocycles. The Morgan fingerprint density at radius 2 is 2.00 bits per heavy atom. The molecular formula is C15H19F4N. The number of benzene rings is 1. The first-order valence-electron chi connectivity index (χ1n) is 6.94. The van der Waals surface area contributed by atoms with Crippen LogP contribution >= 0.6 is 0 Å². The first-order valence-corrected chi connectivity index (χ1v) is 6.94. The van der Waals surface area contributed by atoms with Crippen molar-refractivity contribution in [1.82, 2.24) is 5.32 Å². The van der Waals surface area contributed by atoms with E-state index in [4.69, 9.17) is 0 Å². The SMILES string of the molecule is CC1CCCC1CNCc1ccc(F)cc1C(F)(F)F. The lowest BCUT2D eigenvalue weighted by atomic mass is 9.98. The van der Waals surface area contributed by atoms with E-state index in [2.05, 4.69) is 12.2 Å². The lowest BCUT2D eigenvalue weighted by molar-refractivity contribution is -0.138. The lowest BCUT2D eigenvalue weighted by Gasteiger charge is -2.18. The zero-order valence-electron chi connectivity index (χ0n) is 11.4. The number of halogens is 4.